The molecule has 0 heterocycles. The van der Waals surface area contributed by atoms with Crippen molar-refractivity contribution in [2.75, 3.05) is 5.32 Å². The molecule has 1 atom stereocenters. The summed E-state index contributed by atoms with van der Waals surface area (Å²) in [5.74, 6) is -6.99. The van der Waals surface area contributed by atoms with Crippen molar-refractivity contribution in [3.63, 3.8) is 0 Å². The third-order valence-electron chi connectivity index (χ3n) is 3.60. The van der Waals surface area contributed by atoms with Gasteiger partial charge in [0.2, 0.25) is 0 Å². The zero-order valence-electron chi connectivity index (χ0n) is 14.1. The highest BCUT2D eigenvalue weighted by molar-refractivity contribution is 5.99. The Bertz CT molecular complexity index is 933. The number of hydrogen-bond acceptors (Lipinski definition) is 5. The summed E-state index contributed by atoms with van der Waals surface area (Å²) in [5, 5.41) is 13.0. The van der Waals surface area contributed by atoms with Gasteiger partial charge in [-0.2, -0.15) is 0 Å². The molecule has 1 unspecified atom stereocenters. The molecule has 0 aromatic heterocycles. The molecule has 1 amide bonds. The zero-order chi connectivity index (χ0) is 20.3. The number of nitrogens with one attached hydrogen (secondary N) is 1. The topological polar surface area (TPSA) is 98.5 Å². The summed E-state index contributed by atoms with van der Waals surface area (Å²) in [6.07, 6.45) is -1.50. The number of anilines is 1. The lowest BCUT2D eigenvalue weighted by atomic mass is 10.1. The molecule has 0 fully saturated rings. The number of hydrogen-bond donors (Lipinski definition) is 1. The second-order valence-electron chi connectivity index (χ2n) is 5.49. The predicted octanol–water partition coefficient (Wildman–Crippen LogP) is 3.50. The summed E-state index contributed by atoms with van der Waals surface area (Å²) in [6, 6.07) is 5.34. The van der Waals surface area contributed by atoms with Gasteiger partial charge in [-0.25, -0.2) is 18.0 Å². The number of esters is 1. The molecule has 1 N–H and O–H groups in total. The molecule has 2 aromatic rings. The standard InChI is InChI=1S/C17H13F3N2O5/c1-8-4-3-5-12(22(25)26)13(8)17(24)27-9(2)16(23)21-11-7-6-10(18)14(19)15(11)20/h3-7,9H,1-2H3,(H,21,23). The minimum Gasteiger partial charge on any atom is -0.449 e. The van der Waals surface area contributed by atoms with Crippen molar-refractivity contribution in [2.45, 2.75) is 20.0 Å². The molecular weight excluding hydrogens is 369 g/mol. The van der Waals surface area contributed by atoms with E-state index in [1.807, 2.05) is 5.32 Å². The first-order valence-corrected chi connectivity index (χ1v) is 7.52. The maximum Gasteiger partial charge on any atom is 0.346 e. The Morgan fingerprint density at radius 3 is 2.44 bits per heavy atom. The zero-order valence-corrected chi connectivity index (χ0v) is 14.1. The van der Waals surface area contributed by atoms with Crippen LogP contribution in [-0.4, -0.2) is 22.9 Å². The van der Waals surface area contributed by atoms with Gasteiger partial charge < -0.3 is 10.1 Å². The number of carbonyl (C=O) groups excluding carboxylic acids is 2. The van der Waals surface area contributed by atoms with E-state index in [0.29, 0.717) is 6.07 Å². The van der Waals surface area contributed by atoms with Crippen molar-refractivity contribution in [3.8, 4) is 0 Å². The fraction of sp³-hybridized carbons (Fsp3) is 0.176. The van der Waals surface area contributed by atoms with E-state index in [0.717, 1.165) is 19.1 Å². The molecule has 2 aromatic carbocycles. The van der Waals surface area contributed by atoms with Crippen molar-refractivity contribution >= 4 is 23.3 Å². The molecule has 10 heteroatoms. The first-order chi connectivity index (χ1) is 12.6. The van der Waals surface area contributed by atoms with Crippen LogP contribution < -0.4 is 5.32 Å². The summed E-state index contributed by atoms with van der Waals surface area (Å²) in [7, 11) is 0. The molecule has 0 spiro atoms. The number of nitrogens with zero attached hydrogens (tertiary/aromatic N) is 1. The number of nitro benzene ring substituents is 1. The maximum atomic E-state index is 13.6. The van der Waals surface area contributed by atoms with Gasteiger partial charge >= 0.3 is 5.97 Å². The average molecular weight is 382 g/mol. The monoisotopic (exact) mass is 382 g/mol. The van der Waals surface area contributed by atoms with E-state index in [2.05, 4.69) is 0 Å². The lowest BCUT2D eigenvalue weighted by Crippen LogP contribution is -2.30. The van der Waals surface area contributed by atoms with Gasteiger partial charge in [0.15, 0.2) is 23.6 Å². The van der Waals surface area contributed by atoms with Crippen LogP contribution in [0.5, 0.6) is 0 Å². The number of benzene rings is 2. The Balaban J connectivity index is 2.17. The highest BCUT2D eigenvalue weighted by atomic mass is 19.2. The lowest BCUT2D eigenvalue weighted by Gasteiger charge is -2.15. The van der Waals surface area contributed by atoms with Gasteiger partial charge in [-0.3, -0.25) is 14.9 Å². The molecular formula is C17H13F3N2O5. The minimum atomic E-state index is -1.77. The van der Waals surface area contributed by atoms with E-state index in [1.54, 1.807) is 0 Å². The van der Waals surface area contributed by atoms with Crippen molar-refractivity contribution < 1.29 is 32.4 Å². The van der Waals surface area contributed by atoms with E-state index in [-0.39, 0.29) is 11.1 Å². The highest BCUT2D eigenvalue weighted by Gasteiger charge is 2.27. The number of aryl methyl sites for hydroxylation is 1. The highest BCUT2D eigenvalue weighted by Crippen LogP contribution is 2.24. The smallest absolute Gasteiger partial charge is 0.346 e. The lowest BCUT2D eigenvalue weighted by molar-refractivity contribution is -0.385. The molecule has 0 radical (unpaired) electrons. The quantitative estimate of drug-likeness (QED) is 0.369. The Morgan fingerprint density at radius 2 is 1.81 bits per heavy atom. The number of ether oxygens (including phenoxy) is 1. The van der Waals surface area contributed by atoms with Crippen molar-refractivity contribution in [1.82, 2.24) is 0 Å². The molecule has 0 aliphatic carbocycles. The van der Waals surface area contributed by atoms with Crippen molar-refractivity contribution in [2.24, 2.45) is 0 Å². The Hall–Kier alpha value is -3.43. The largest absolute Gasteiger partial charge is 0.449 e. The van der Waals surface area contributed by atoms with Gasteiger partial charge in [-0.1, -0.05) is 12.1 Å². The van der Waals surface area contributed by atoms with Crippen molar-refractivity contribution in [3.05, 3.63) is 69.0 Å². The molecule has 142 valence electrons. The van der Waals surface area contributed by atoms with Gasteiger partial charge in [0, 0.05) is 6.07 Å². The fourth-order valence-corrected chi connectivity index (χ4v) is 2.20. The van der Waals surface area contributed by atoms with Crippen LogP contribution in [0, 0.1) is 34.5 Å². The van der Waals surface area contributed by atoms with Crippen molar-refractivity contribution in [1.29, 1.82) is 0 Å². The van der Waals surface area contributed by atoms with E-state index in [4.69, 9.17) is 4.74 Å². The predicted molar refractivity (Wildman–Crippen MR) is 87.7 cm³/mol. The SMILES string of the molecule is Cc1cccc([N+](=O)[O-])c1C(=O)OC(C)C(=O)Nc1ccc(F)c(F)c1F. The third kappa shape index (κ3) is 4.22. The van der Waals surface area contributed by atoms with Crippen LogP contribution in [-0.2, 0) is 9.53 Å². The molecule has 0 bridgehead atoms. The minimum absolute atomic E-state index is 0.258. The third-order valence-corrected chi connectivity index (χ3v) is 3.60. The summed E-state index contributed by atoms with van der Waals surface area (Å²) >= 11 is 0. The van der Waals surface area contributed by atoms with Crippen LogP contribution >= 0.6 is 0 Å². The van der Waals surface area contributed by atoms with Gasteiger partial charge in [-0.05, 0) is 31.5 Å². The second kappa shape index (κ2) is 7.85. The van der Waals surface area contributed by atoms with Crippen LogP contribution in [0.4, 0.5) is 24.5 Å². The van der Waals surface area contributed by atoms with E-state index in [1.165, 1.54) is 19.1 Å². The van der Waals surface area contributed by atoms with Crippen LogP contribution in [0.15, 0.2) is 30.3 Å². The van der Waals surface area contributed by atoms with E-state index >= 15 is 0 Å². The maximum absolute atomic E-state index is 13.6. The van der Waals surface area contributed by atoms with Gasteiger partial charge in [0.1, 0.15) is 5.56 Å². The molecule has 27 heavy (non-hydrogen) atoms. The molecule has 7 nitrogen and oxygen atoms in total. The normalized spacial score (nSPS) is 11.6. The number of halogens is 3. The summed E-state index contributed by atoms with van der Waals surface area (Å²) in [5.41, 5.74) is -1.22. The molecule has 0 aliphatic rings. The number of amides is 1. The van der Waals surface area contributed by atoms with Gasteiger partial charge in [0.25, 0.3) is 11.6 Å². The first kappa shape index (κ1) is 19.9. The van der Waals surface area contributed by atoms with E-state index < -0.39 is 51.7 Å². The van der Waals surface area contributed by atoms with Crippen LogP contribution in [0.1, 0.15) is 22.8 Å². The van der Waals surface area contributed by atoms with Crippen LogP contribution in [0.2, 0.25) is 0 Å². The molecule has 2 rings (SSSR count). The summed E-state index contributed by atoms with van der Waals surface area (Å²) in [6.45, 7) is 2.58. The summed E-state index contributed by atoms with van der Waals surface area (Å²) in [4.78, 5) is 34.5. The first-order valence-electron chi connectivity index (χ1n) is 7.52. The average Bonchev–Trinajstić information content (AvgIpc) is 2.61. The Labute approximate surface area is 150 Å². The Kier molecular flexibility index (Phi) is 5.78. The fourth-order valence-electron chi connectivity index (χ4n) is 2.20. The number of rotatable bonds is 5. The molecule has 0 aliphatic heterocycles. The van der Waals surface area contributed by atoms with E-state index in [9.17, 15) is 32.9 Å². The Morgan fingerprint density at radius 1 is 1.15 bits per heavy atom. The molecule has 0 saturated heterocycles. The van der Waals surface area contributed by atoms with Gasteiger partial charge in [-0.15, -0.1) is 0 Å². The second-order valence-corrected chi connectivity index (χ2v) is 5.49. The molecule has 0 saturated carbocycles. The summed E-state index contributed by atoms with van der Waals surface area (Å²) < 4.78 is 44.6. The van der Waals surface area contributed by atoms with Crippen LogP contribution in [0.3, 0.4) is 0 Å². The number of carbonyl (C=O) groups is 2. The number of nitro groups is 1. The van der Waals surface area contributed by atoms with Crippen LogP contribution in [0.25, 0.3) is 0 Å². The van der Waals surface area contributed by atoms with Gasteiger partial charge in [0.05, 0.1) is 10.6 Å².